The maximum atomic E-state index is 12.7. The number of rotatable bonds is 1. The fourth-order valence-corrected chi connectivity index (χ4v) is 4.25. The van der Waals surface area contributed by atoms with Crippen molar-refractivity contribution in [3.05, 3.63) is 32.7 Å². The molecule has 2 fully saturated rings. The molecule has 1 aromatic carbocycles. The van der Waals surface area contributed by atoms with E-state index in [4.69, 9.17) is 0 Å². The molecule has 0 aromatic heterocycles. The molecule has 3 rings (SSSR count). The molecule has 4 heteroatoms. The highest BCUT2D eigenvalue weighted by Gasteiger charge is 2.38. The Balaban J connectivity index is 1.85. The van der Waals surface area contributed by atoms with Crippen LogP contribution in [0.15, 0.2) is 27.1 Å². The Morgan fingerprint density at radius 3 is 2.79 bits per heavy atom. The molecule has 102 valence electrons. The van der Waals surface area contributed by atoms with E-state index in [0.717, 1.165) is 27.0 Å². The second-order valence-corrected chi connectivity index (χ2v) is 7.29. The molecular weight excluding hydrogens is 370 g/mol. The van der Waals surface area contributed by atoms with E-state index in [1.807, 2.05) is 18.2 Å². The normalized spacial score (nSPS) is 26.3. The van der Waals surface area contributed by atoms with Crippen LogP contribution in [0.25, 0.3) is 0 Å². The van der Waals surface area contributed by atoms with Crippen molar-refractivity contribution < 1.29 is 4.79 Å². The fourth-order valence-electron chi connectivity index (χ4n) is 3.47. The van der Waals surface area contributed by atoms with Gasteiger partial charge in [0.1, 0.15) is 0 Å². The molecule has 1 aliphatic heterocycles. The summed E-state index contributed by atoms with van der Waals surface area (Å²) in [4.78, 5) is 14.9. The number of amides is 1. The molecule has 0 N–H and O–H groups in total. The van der Waals surface area contributed by atoms with Crippen LogP contribution in [0.4, 0.5) is 0 Å². The molecule has 2 nitrogen and oxygen atoms in total. The Morgan fingerprint density at radius 1 is 1.16 bits per heavy atom. The van der Waals surface area contributed by atoms with Gasteiger partial charge in [-0.3, -0.25) is 4.79 Å². The fraction of sp³-hybridized carbons (Fsp3) is 0.533. The number of carbonyl (C=O) groups excluding carboxylic acids is 1. The summed E-state index contributed by atoms with van der Waals surface area (Å²) in [6, 6.07) is 6.29. The summed E-state index contributed by atoms with van der Waals surface area (Å²) in [6.07, 6.45) is 6.27. The zero-order valence-electron chi connectivity index (χ0n) is 10.7. The van der Waals surface area contributed by atoms with Crippen molar-refractivity contribution >= 4 is 37.8 Å². The summed E-state index contributed by atoms with van der Waals surface area (Å²) in [5.41, 5.74) is 0.778. The zero-order chi connectivity index (χ0) is 13.4. The van der Waals surface area contributed by atoms with Gasteiger partial charge in [-0.1, -0.05) is 28.8 Å². The van der Waals surface area contributed by atoms with E-state index in [1.54, 1.807) is 0 Å². The smallest absolute Gasteiger partial charge is 0.255 e. The molecule has 0 spiro atoms. The SMILES string of the molecule is O=C(c1cc(Br)ccc1Br)N1CCC2CCCCC21. The molecule has 1 aliphatic carbocycles. The van der Waals surface area contributed by atoms with E-state index < -0.39 is 0 Å². The largest absolute Gasteiger partial charge is 0.335 e. The van der Waals surface area contributed by atoms with Gasteiger partial charge in [0, 0.05) is 21.5 Å². The zero-order valence-corrected chi connectivity index (χ0v) is 13.9. The van der Waals surface area contributed by atoms with Crippen LogP contribution in [-0.2, 0) is 0 Å². The number of likely N-dealkylation sites (tertiary alicyclic amines) is 1. The molecule has 0 radical (unpaired) electrons. The second-order valence-electron chi connectivity index (χ2n) is 5.52. The van der Waals surface area contributed by atoms with Crippen LogP contribution >= 0.6 is 31.9 Å². The first-order chi connectivity index (χ1) is 9.16. The van der Waals surface area contributed by atoms with E-state index in [-0.39, 0.29) is 5.91 Å². The van der Waals surface area contributed by atoms with Gasteiger partial charge in [-0.15, -0.1) is 0 Å². The molecule has 19 heavy (non-hydrogen) atoms. The molecule has 1 amide bonds. The van der Waals surface area contributed by atoms with Gasteiger partial charge >= 0.3 is 0 Å². The maximum absolute atomic E-state index is 12.7. The van der Waals surface area contributed by atoms with Gasteiger partial charge in [0.25, 0.3) is 5.91 Å². The topological polar surface area (TPSA) is 20.3 Å². The Labute approximate surface area is 130 Å². The lowest BCUT2D eigenvalue weighted by atomic mass is 9.85. The Hall–Kier alpha value is -0.350. The third-order valence-corrected chi connectivity index (χ3v) is 5.61. The Bertz CT molecular complexity index is 503. The van der Waals surface area contributed by atoms with Crippen molar-refractivity contribution in [2.75, 3.05) is 6.54 Å². The highest BCUT2D eigenvalue weighted by atomic mass is 79.9. The summed E-state index contributed by atoms with van der Waals surface area (Å²) in [6.45, 7) is 0.924. The predicted molar refractivity (Wildman–Crippen MR) is 83.2 cm³/mol. The number of nitrogens with zero attached hydrogens (tertiary/aromatic N) is 1. The van der Waals surface area contributed by atoms with Gasteiger partial charge in [0.15, 0.2) is 0 Å². The number of halogens is 2. The molecule has 2 atom stereocenters. The number of carbonyl (C=O) groups is 1. The van der Waals surface area contributed by atoms with Crippen LogP contribution in [0, 0.1) is 5.92 Å². The van der Waals surface area contributed by atoms with Gasteiger partial charge in [-0.25, -0.2) is 0 Å². The van der Waals surface area contributed by atoms with Crippen LogP contribution in [0.5, 0.6) is 0 Å². The molecule has 0 bridgehead atoms. The van der Waals surface area contributed by atoms with Crippen molar-refractivity contribution in [3.8, 4) is 0 Å². The van der Waals surface area contributed by atoms with Crippen LogP contribution in [-0.4, -0.2) is 23.4 Å². The van der Waals surface area contributed by atoms with Gasteiger partial charge in [0.2, 0.25) is 0 Å². The lowest BCUT2D eigenvalue weighted by Gasteiger charge is -2.32. The van der Waals surface area contributed by atoms with Gasteiger partial charge in [0.05, 0.1) is 5.56 Å². The van der Waals surface area contributed by atoms with E-state index >= 15 is 0 Å². The van der Waals surface area contributed by atoms with Crippen molar-refractivity contribution in [2.45, 2.75) is 38.1 Å². The number of hydrogen-bond donors (Lipinski definition) is 0. The van der Waals surface area contributed by atoms with Crippen LogP contribution < -0.4 is 0 Å². The molecular formula is C15H17Br2NO. The first-order valence-corrected chi connectivity index (χ1v) is 8.51. The Kier molecular flexibility index (Phi) is 3.99. The summed E-state index contributed by atoms with van der Waals surface area (Å²) >= 11 is 6.95. The summed E-state index contributed by atoms with van der Waals surface area (Å²) in [5.74, 6) is 0.922. The Morgan fingerprint density at radius 2 is 1.95 bits per heavy atom. The predicted octanol–water partition coefficient (Wildman–Crippen LogP) is 4.62. The van der Waals surface area contributed by atoms with Crippen molar-refractivity contribution in [1.29, 1.82) is 0 Å². The number of hydrogen-bond acceptors (Lipinski definition) is 1. The highest BCUT2D eigenvalue weighted by Crippen LogP contribution is 2.37. The summed E-state index contributed by atoms with van der Waals surface area (Å²) in [7, 11) is 0. The minimum absolute atomic E-state index is 0.183. The van der Waals surface area contributed by atoms with E-state index in [0.29, 0.717) is 6.04 Å². The van der Waals surface area contributed by atoms with Gasteiger partial charge in [-0.05, 0) is 59.3 Å². The molecule has 2 aliphatic rings. The standard InChI is InChI=1S/C15H17Br2NO/c16-11-5-6-13(17)12(9-11)15(19)18-8-7-10-3-1-2-4-14(10)18/h5-6,9-10,14H,1-4,7-8H2. The molecule has 2 unspecified atom stereocenters. The summed E-state index contributed by atoms with van der Waals surface area (Å²) < 4.78 is 1.85. The minimum atomic E-state index is 0.183. The first kappa shape index (κ1) is 13.6. The van der Waals surface area contributed by atoms with Gasteiger partial charge < -0.3 is 4.90 Å². The quantitative estimate of drug-likeness (QED) is 0.689. The third-order valence-electron chi connectivity index (χ3n) is 4.43. The summed E-state index contributed by atoms with van der Waals surface area (Å²) in [5, 5.41) is 0. The molecule has 1 saturated carbocycles. The van der Waals surface area contributed by atoms with E-state index in [2.05, 4.69) is 36.8 Å². The van der Waals surface area contributed by atoms with E-state index in [9.17, 15) is 4.79 Å². The van der Waals surface area contributed by atoms with Crippen molar-refractivity contribution in [3.63, 3.8) is 0 Å². The van der Waals surface area contributed by atoms with E-state index in [1.165, 1.54) is 32.1 Å². The minimum Gasteiger partial charge on any atom is -0.335 e. The molecule has 1 saturated heterocycles. The molecule has 1 heterocycles. The lowest BCUT2D eigenvalue weighted by Crippen LogP contribution is -2.39. The van der Waals surface area contributed by atoms with Crippen molar-refractivity contribution in [2.24, 2.45) is 5.92 Å². The monoisotopic (exact) mass is 385 g/mol. The highest BCUT2D eigenvalue weighted by molar-refractivity contribution is 9.11. The number of fused-ring (bicyclic) bond motifs is 1. The second kappa shape index (κ2) is 5.57. The third kappa shape index (κ3) is 2.62. The van der Waals surface area contributed by atoms with Gasteiger partial charge in [-0.2, -0.15) is 0 Å². The van der Waals surface area contributed by atoms with Crippen LogP contribution in [0.3, 0.4) is 0 Å². The van der Waals surface area contributed by atoms with Crippen molar-refractivity contribution in [1.82, 2.24) is 4.90 Å². The average molecular weight is 387 g/mol. The first-order valence-electron chi connectivity index (χ1n) is 6.93. The average Bonchev–Trinajstić information content (AvgIpc) is 2.84. The van der Waals surface area contributed by atoms with Crippen LogP contribution in [0.2, 0.25) is 0 Å². The van der Waals surface area contributed by atoms with Crippen LogP contribution in [0.1, 0.15) is 42.5 Å². The maximum Gasteiger partial charge on any atom is 0.255 e. The lowest BCUT2D eigenvalue weighted by molar-refractivity contribution is 0.0689. The number of benzene rings is 1. The molecule has 1 aromatic rings.